The number of benzene rings is 2. The first-order valence-corrected chi connectivity index (χ1v) is 8.96. The summed E-state index contributed by atoms with van der Waals surface area (Å²) < 4.78 is 63.6. The zero-order valence-electron chi connectivity index (χ0n) is 14.8. The topological polar surface area (TPSA) is 78.4 Å². The molecular formula is C19H13BrF4N2O3. The second-order valence-electron chi connectivity index (χ2n) is 5.99. The lowest BCUT2D eigenvalue weighted by atomic mass is 10.1. The van der Waals surface area contributed by atoms with Crippen LogP contribution in [-0.4, -0.2) is 10.9 Å². The van der Waals surface area contributed by atoms with Gasteiger partial charge in [0.25, 0.3) is 5.91 Å². The number of primary amides is 1. The molecule has 1 atom stereocenters. The molecule has 2 aromatic carbocycles. The first-order chi connectivity index (χ1) is 13.6. The number of carbonyl (C=O) groups excluding carboxylic acids is 1. The number of hydrogen-bond donors (Lipinski definition) is 1. The van der Waals surface area contributed by atoms with E-state index in [-0.39, 0.29) is 27.6 Å². The standard InChI is InChI=1S/C19H13BrF4N2O3/c1-9(28-13-4-2-3-12(14(13)21)17(25)27)18-26-15(16(20)29-18)10-5-7-11(8-6-10)19(22,23)24/h2-9H,1H3,(H2,25,27)/t9-/m1/s1. The molecule has 0 aliphatic rings. The van der Waals surface area contributed by atoms with Crippen molar-refractivity contribution in [3.8, 4) is 17.0 Å². The summed E-state index contributed by atoms with van der Waals surface area (Å²) in [7, 11) is 0. The first-order valence-electron chi connectivity index (χ1n) is 8.16. The molecule has 5 nitrogen and oxygen atoms in total. The van der Waals surface area contributed by atoms with Crippen molar-refractivity contribution in [3.05, 3.63) is 70.0 Å². The molecule has 1 heterocycles. The van der Waals surface area contributed by atoms with E-state index in [9.17, 15) is 22.4 Å². The van der Waals surface area contributed by atoms with Gasteiger partial charge in [-0.15, -0.1) is 0 Å². The van der Waals surface area contributed by atoms with Crippen LogP contribution in [0.15, 0.2) is 51.6 Å². The predicted molar refractivity (Wildman–Crippen MR) is 98.6 cm³/mol. The van der Waals surface area contributed by atoms with E-state index in [0.717, 1.165) is 12.1 Å². The molecule has 1 aromatic heterocycles. The molecule has 0 bridgehead atoms. The SMILES string of the molecule is C[C@@H](Oc1cccc(C(N)=O)c1F)c1nc(-c2ccc(C(F)(F)F)cc2)c(Br)o1. The minimum atomic E-state index is -4.45. The van der Waals surface area contributed by atoms with Crippen molar-refractivity contribution in [2.45, 2.75) is 19.2 Å². The molecule has 2 N–H and O–H groups in total. The number of rotatable bonds is 5. The average molecular weight is 473 g/mol. The quantitative estimate of drug-likeness (QED) is 0.497. The van der Waals surface area contributed by atoms with E-state index >= 15 is 0 Å². The first kappa shape index (κ1) is 20.8. The minimum Gasteiger partial charge on any atom is -0.478 e. The van der Waals surface area contributed by atoms with Crippen molar-refractivity contribution in [2.75, 3.05) is 0 Å². The third-order valence-electron chi connectivity index (χ3n) is 3.97. The van der Waals surface area contributed by atoms with E-state index in [4.69, 9.17) is 14.9 Å². The Hall–Kier alpha value is -2.88. The molecule has 3 aromatic rings. The molecule has 29 heavy (non-hydrogen) atoms. The third kappa shape index (κ3) is 4.42. The van der Waals surface area contributed by atoms with E-state index in [0.29, 0.717) is 5.56 Å². The molecule has 0 aliphatic heterocycles. The largest absolute Gasteiger partial charge is 0.478 e. The number of nitrogens with zero attached hydrogens (tertiary/aromatic N) is 1. The highest BCUT2D eigenvalue weighted by atomic mass is 79.9. The summed E-state index contributed by atoms with van der Waals surface area (Å²) in [5, 5.41) is 0. The van der Waals surface area contributed by atoms with Crippen LogP contribution in [0.25, 0.3) is 11.3 Å². The number of hydrogen-bond acceptors (Lipinski definition) is 4. The highest BCUT2D eigenvalue weighted by Gasteiger charge is 2.30. The van der Waals surface area contributed by atoms with Gasteiger partial charge in [-0.3, -0.25) is 4.79 Å². The zero-order chi connectivity index (χ0) is 21.3. The van der Waals surface area contributed by atoms with E-state index in [1.165, 1.54) is 37.3 Å². The summed E-state index contributed by atoms with van der Waals surface area (Å²) in [6.45, 7) is 1.53. The Bertz CT molecular complexity index is 1050. The van der Waals surface area contributed by atoms with Crippen LogP contribution < -0.4 is 10.5 Å². The molecule has 0 aliphatic carbocycles. The van der Waals surface area contributed by atoms with Crippen LogP contribution in [0, 0.1) is 5.82 Å². The Morgan fingerprint density at radius 3 is 2.45 bits per heavy atom. The second kappa shape index (κ2) is 7.86. The van der Waals surface area contributed by atoms with Crippen LogP contribution in [0.4, 0.5) is 17.6 Å². The summed E-state index contributed by atoms with van der Waals surface area (Å²) in [6, 6.07) is 8.33. The predicted octanol–water partition coefficient (Wildman–Crippen LogP) is 5.50. The molecular weight excluding hydrogens is 460 g/mol. The van der Waals surface area contributed by atoms with Crippen molar-refractivity contribution in [1.82, 2.24) is 4.98 Å². The highest BCUT2D eigenvalue weighted by molar-refractivity contribution is 9.10. The monoisotopic (exact) mass is 472 g/mol. The van der Waals surface area contributed by atoms with E-state index in [1.807, 2.05) is 0 Å². The van der Waals surface area contributed by atoms with E-state index in [2.05, 4.69) is 20.9 Å². The van der Waals surface area contributed by atoms with Gasteiger partial charge in [0.1, 0.15) is 5.69 Å². The molecule has 0 saturated carbocycles. The van der Waals surface area contributed by atoms with Crippen molar-refractivity contribution < 1.29 is 31.5 Å². The maximum Gasteiger partial charge on any atom is 0.416 e. The van der Waals surface area contributed by atoms with Gasteiger partial charge in [-0.1, -0.05) is 18.2 Å². The smallest absolute Gasteiger partial charge is 0.416 e. The number of carbonyl (C=O) groups is 1. The lowest BCUT2D eigenvalue weighted by Gasteiger charge is -2.13. The lowest BCUT2D eigenvalue weighted by molar-refractivity contribution is -0.137. The van der Waals surface area contributed by atoms with Crippen molar-refractivity contribution in [2.24, 2.45) is 5.73 Å². The molecule has 1 amide bonds. The zero-order valence-corrected chi connectivity index (χ0v) is 16.3. The Morgan fingerprint density at radius 1 is 1.21 bits per heavy atom. The number of halogens is 5. The van der Waals surface area contributed by atoms with Crippen molar-refractivity contribution >= 4 is 21.8 Å². The van der Waals surface area contributed by atoms with Crippen molar-refractivity contribution in [1.29, 1.82) is 0 Å². The molecule has 0 fully saturated rings. The highest BCUT2D eigenvalue weighted by Crippen LogP contribution is 2.35. The summed E-state index contributed by atoms with van der Waals surface area (Å²) in [5.41, 5.74) is 4.64. The maximum atomic E-state index is 14.3. The van der Waals surface area contributed by atoms with Gasteiger partial charge in [0.15, 0.2) is 22.3 Å². The average Bonchev–Trinajstić information content (AvgIpc) is 3.04. The van der Waals surface area contributed by atoms with E-state index < -0.39 is 29.6 Å². The molecule has 0 saturated heterocycles. The Balaban J connectivity index is 1.85. The Morgan fingerprint density at radius 2 is 1.86 bits per heavy atom. The van der Waals surface area contributed by atoms with Gasteiger partial charge in [-0.2, -0.15) is 13.2 Å². The molecule has 3 rings (SSSR count). The number of nitrogens with two attached hydrogens (primary N) is 1. The van der Waals surface area contributed by atoms with E-state index in [1.54, 1.807) is 0 Å². The van der Waals surface area contributed by atoms with Gasteiger partial charge >= 0.3 is 6.18 Å². The maximum absolute atomic E-state index is 14.3. The van der Waals surface area contributed by atoms with Crippen LogP contribution in [-0.2, 0) is 6.18 Å². The summed E-state index contributed by atoms with van der Waals surface area (Å²) in [4.78, 5) is 15.5. The number of oxazole rings is 1. The van der Waals surface area contributed by atoms with Gasteiger partial charge in [0.2, 0.25) is 5.89 Å². The fourth-order valence-corrected chi connectivity index (χ4v) is 3.00. The Kier molecular flexibility index (Phi) is 5.65. The third-order valence-corrected chi connectivity index (χ3v) is 4.51. The van der Waals surface area contributed by atoms with Gasteiger partial charge in [-0.25, -0.2) is 9.37 Å². The number of amides is 1. The summed E-state index contributed by atoms with van der Waals surface area (Å²) >= 11 is 3.17. The molecule has 10 heteroatoms. The van der Waals surface area contributed by atoms with Crippen LogP contribution >= 0.6 is 15.9 Å². The van der Waals surface area contributed by atoms with Gasteiger partial charge in [0.05, 0.1) is 11.1 Å². The number of ether oxygens (including phenoxy) is 1. The molecule has 0 spiro atoms. The van der Waals surface area contributed by atoms with Crippen LogP contribution in [0.5, 0.6) is 5.75 Å². The van der Waals surface area contributed by atoms with Gasteiger partial charge in [0, 0.05) is 5.56 Å². The summed E-state index contributed by atoms with van der Waals surface area (Å²) in [5.74, 6) is -2.03. The fraction of sp³-hybridized carbons (Fsp3) is 0.158. The molecule has 152 valence electrons. The number of aromatic nitrogens is 1. The van der Waals surface area contributed by atoms with Crippen LogP contribution in [0.2, 0.25) is 0 Å². The number of alkyl halides is 3. The molecule has 0 radical (unpaired) electrons. The second-order valence-corrected chi connectivity index (χ2v) is 6.71. The van der Waals surface area contributed by atoms with Crippen molar-refractivity contribution in [3.63, 3.8) is 0 Å². The summed E-state index contributed by atoms with van der Waals surface area (Å²) in [6.07, 6.45) is -5.32. The fourth-order valence-electron chi connectivity index (χ4n) is 2.52. The van der Waals surface area contributed by atoms with Crippen LogP contribution in [0.3, 0.4) is 0 Å². The molecule has 0 unspecified atom stereocenters. The normalized spacial score (nSPS) is 12.6. The van der Waals surface area contributed by atoms with Crippen LogP contribution in [0.1, 0.15) is 34.8 Å². The minimum absolute atomic E-state index is 0.0515. The van der Waals surface area contributed by atoms with Gasteiger partial charge < -0.3 is 14.9 Å². The lowest BCUT2D eigenvalue weighted by Crippen LogP contribution is -2.14. The Labute approximate surface area is 170 Å². The van der Waals surface area contributed by atoms with Gasteiger partial charge in [-0.05, 0) is 47.1 Å².